The van der Waals surface area contributed by atoms with Gasteiger partial charge < -0.3 is 15.0 Å². The minimum absolute atomic E-state index is 0.00253. The first-order valence-electron chi connectivity index (χ1n) is 6.75. The monoisotopic (exact) mass is 327 g/mol. The minimum Gasteiger partial charge on any atom is -0.468 e. The van der Waals surface area contributed by atoms with Gasteiger partial charge in [0, 0.05) is 20.1 Å². The third-order valence-electron chi connectivity index (χ3n) is 2.90. The normalized spacial score (nSPS) is 10.4. The molecule has 0 aliphatic heterocycles. The molecule has 1 rings (SSSR count). The van der Waals surface area contributed by atoms with Crippen LogP contribution >= 0.6 is 11.3 Å². The molecule has 122 valence electrons. The molecular formula is C14H21N3O4S. The molecule has 22 heavy (non-hydrogen) atoms. The lowest BCUT2D eigenvalue weighted by Crippen LogP contribution is -2.41. The van der Waals surface area contributed by atoms with Gasteiger partial charge in [-0.15, -0.1) is 11.3 Å². The highest BCUT2D eigenvalue weighted by atomic mass is 32.1. The number of carbonyl (C=O) groups excluding carboxylic acids is 3. The van der Waals surface area contributed by atoms with Crippen molar-refractivity contribution in [2.24, 2.45) is 0 Å². The molecule has 0 saturated carbocycles. The fourth-order valence-electron chi connectivity index (χ4n) is 1.68. The summed E-state index contributed by atoms with van der Waals surface area (Å²) in [6, 6.07) is 3.52. The summed E-state index contributed by atoms with van der Waals surface area (Å²) in [5.74, 6) is -0.734. The van der Waals surface area contributed by atoms with E-state index in [1.807, 2.05) is 5.38 Å². The predicted molar refractivity (Wildman–Crippen MR) is 83.8 cm³/mol. The van der Waals surface area contributed by atoms with E-state index in [0.717, 1.165) is 0 Å². The summed E-state index contributed by atoms with van der Waals surface area (Å²) in [4.78, 5) is 38.5. The first-order valence-corrected chi connectivity index (χ1v) is 7.63. The van der Waals surface area contributed by atoms with Gasteiger partial charge in [0.05, 0.1) is 25.1 Å². The molecule has 0 fully saturated rings. The number of hydrogen-bond acceptors (Lipinski definition) is 6. The van der Waals surface area contributed by atoms with E-state index in [2.05, 4.69) is 10.1 Å². The summed E-state index contributed by atoms with van der Waals surface area (Å²) in [6.45, 7) is 1.08. The molecule has 7 nitrogen and oxygen atoms in total. The Morgan fingerprint density at radius 2 is 2.00 bits per heavy atom. The molecule has 0 bridgehead atoms. The SMILES string of the molecule is COC(=O)CN(C)CCNC(=O)CN(C)C(=O)c1cccs1. The van der Waals surface area contributed by atoms with Crippen molar-refractivity contribution in [2.75, 3.05) is 47.4 Å². The van der Waals surface area contributed by atoms with Crippen molar-refractivity contribution in [1.29, 1.82) is 0 Å². The van der Waals surface area contributed by atoms with Crippen LogP contribution in [0.1, 0.15) is 9.67 Å². The van der Waals surface area contributed by atoms with Crippen LogP contribution < -0.4 is 5.32 Å². The molecule has 2 amide bonds. The largest absolute Gasteiger partial charge is 0.468 e. The van der Waals surface area contributed by atoms with Crippen LogP contribution in [-0.2, 0) is 14.3 Å². The highest BCUT2D eigenvalue weighted by Crippen LogP contribution is 2.10. The number of carbonyl (C=O) groups is 3. The lowest BCUT2D eigenvalue weighted by Gasteiger charge is -2.18. The van der Waals surface area contributed by atoms with E-state index in [-0.39, 0.29) is 30.9 Å². The van der Waals surface area contributed by atoms with E-state index in [0.29, 0.717) is 18.0 Å². The fourth-order valence-corrected chi connectivity index (χ4v) is 2.40. The van der Waals surface area contributed by atoms with Gasteiger partial charge in [-0.3, -0.25) is 19.3 Å². The predicted octanol–water partition coefficient (Wildman–Crippen LogP) is 0.0411. The van der Waals surface area contributed by atoms with Crippen LogP contribution in [-0.4, -0.2) is 75.0 Å². The molecule has 0 aromatic carbocycles. The highest BCUT2D eigenvalue weighted by Gasteiger charge is 2.15. The maximum Gasteiger partial charge on any atom is 0.319 e. The Hall–Kier alpha value is -1.93. The third kappa shape index (κ3) is 6.23. The molecular weight excluding hydrogens is 306 g/mol. The number of rotatable bonds is 8. The van der Waals surface area contributed by atoms with Crippen molar-refractivity contribution in [3.05, 3.63) is 22.4 Å². The van der Waals surface area contributed by atoms with Crippen molar-refractivity contribution in [3.63, 3.8) is 0 Å². The Balaban J connectivity index is 2.25. The number of amides is 2. The Labute approximate surface area is 133 Å². The number of ether oxygens (including phenoxy) is 1. The van der Waals surface area contributed by atoms with Gasteiger partial charge in [-0.1, -0.05) is 6.07 Å². The second-order valence-corrected chi connectivity index (χ2v) is 5.75. The molecule has 0 saturated heterocycles. The average Bonchev–Trinajstić information content (AvgIpc) is 3.00. The molecule has 1 heterocycles. The third-order valence-corrected chi connectivity index (χ3v) is 3.76. The molecule has 1 aromatic heterocycles. The summed E-state index contributed by atoms with van der Waals surface area (Å²) in [6.07, 6.45) is 0. The van der Waals surface area contributed by atoms with E-state index < -0.39 is 0 Å². The summed E-state index contributed by atoms with van der Waals surface area (Å²) >= 11 is 1.34. The molecule has 0 spiro atoms. The minimum atomic E-state index is -0.324. The summed E-state index contributed by atoms with van der Waals surface area (Å²) < 4.78 is 4.55. The van der Waals surface area contributed by atoms with Gasteiger partial charge in [0.2, 0.25) is 5.91 Å². The van der Waals surface area contributed by atoms with Gasteiger partial charge in [-0.2, -0.15) is 0 Å². The molecule has 1 aromatic rings. The molecule has 0 aliphatic carbocycles. The van der Waals surface area contributed by atoms with E-state index in [9.17, 15) is 14.4 Å². The number of methoxy groups -OCH3 is 1. The van der Waals surface area contributed by atoms with Crippen LogP contribution in [0, 0.1) is 0 Å². The van der Waals surface area contributed by atoms with E-state index in [4.69, 9.17) is 0 Å². The lowest BCUT2D eigenvalue weighted by atomic mass is 10.4. The zero-order chi connectivity index (χ0) is 16.5. The molecule has 1 N–H and O–H groups in total. The van der Waals surface area contributed by atoms with Crippen molar-refractivity contribution < 1.29 is 19.1 Å². The highest BCUT2D eigenvalue weighted by molar-refractivity contribution is 7.12. The lowest BCUT2D eigenvalue weighted by molar-refractivity contribution is -0.141. The zero-order valence-corrected chi connectivity index (χ0v) is 13.8. The van der Waals surface area contributed by atoms with Gasteiger partial charge >= 0.3 is 5.97 Å². The van der Waals surface area contributed by atoms with Crippen molar-refractivity contribution >= 4 is 29.1 Å². The Morgan fingerprint density at radius 3 is 2.59 bits per heavy atom. The van der Waals surface area contributed by atoms with E-state index >= 15 is 0 Å². The first-order chi connectivity index (χ1) is 10.4. The Kier molecular flexibility index (Phi) is 7.55. The number of likely N-dealkylation sites (N-methyl/N-ethyl adjacent to an activating group) is 2. The standard InChI is InChI=1S/C14H21N3O4S/c1-16(10-13(19)21-3)7-6-15-12(18)9-17(2)14(20)11-5-4-8-22-11/h4-5,8H,6-7,9-10H2,1-3H3,(H,15,18). The molecule has 8 heteroatoms. The van der Waals surface area contributed by atoms with Gasteiger partial charge in [-0.05, 0) is 18.5 Å². The van der Waals surface area contributed by atoms with Gasteiger partial charge in [0.25, 0.3) is 5.91 Å². The molecule has 0 unspecified atom stereocenters. The summed E-state index contributed by atoms with van der Waals surface area (Å²) in [5.41, 5.74) is 0. The number of esters is 1. The van der Waals surface area contributed by atoms with Gasteiger partial charge in [-0.25, -0.2) is 0 Å². The van der Waals surface area contributed by atoms with Crippen LogP contribution in [0.3, 0.4) is 0 Å². The molecule has 0 atom stereocenters. The smallest absolute Gasteiger partial charge is 0.319 e. The van der Waals surface area contributed by atoms with Crippen molar-refractivity contribution in [1.82, 2.24) is 15.1 Å². The first kappa shape index (κ1) is 18.1. The summed E-state index contributed by atoms with van der Waals surface area (Å²) in [7, 11) is 4.68. The van der Waals surface area contributed by atoms with E-state index in [1.165, 1.54) is 23.3 Å². The van der Waals surface area contributed by atoms with Crippen LogP contribution in [0.5, 0.6) is 0 Å². The topological polar surface area (TPSA) is 79.0 Å². The second-order valence-electron chi connectivity index (χ2n) is 4.80. The van der Waals surface area contributed by atoms with Crippen molar-refractivity contribution in [2.45, 2.75) is 0 Å². The maximum atomic E-state index is 12.0. The van der Waals surface area contributed by atoms with Gasteiger partial charge in [0.1, 0.15) is 0 Å². The molecule has 0 aliphatic rings. The Morgan fingerprint density at radius 1 is 1.27 bits per heavy atom. The van der Waals surface area contributed by atoms with Crippen LogP contribution in [0.15, 0.2) is 17.5 Å². The fraction of sp³-hybridized carbons (Fsp3) is 0.500. The second kappa shape index (κ2) is 9.16. The number of nitrogens with zero attached hydrogens (tertiary/aromatic N) is 2. The van der Waals surface area contributed by atoms with Crippen LogP contribution in [0.2, 0.25) is 0 Å². The molecule has 0 radical (unpaired) electrons. The Bertz CT molecular complexity index is 504. The quantitative estimate of drug-likeness (QED) is 0.682. The number of thiophene rings is 1. The van der Waals surface area contributed by atoms with Crippen LogP contribution in [0.4, 0.5) is 0 Å². The average molecular weight is 327 g/mol. The van der Waals surface area contributed by atoms with Gasteiger partial charge in [0.15, 0.2) is 0 Å². The number of hydrogen-bond donors (Lipinski definition) is 1. The van der Waals surface area contributed by atoms with Crippen molar-refractivity contribution in [3.8, 4) is 0 Å². The summed E-state index contributed by atoms with van der Waals surface area (Å²) in [5, 5.41) is 4.53. The zero-order valence-electron chi connectivity index (χ0n) is 13.0. The van der Waals surface area contributed by atoms with Crippen LogP contribution in [0.25, 0.3) is 0 Å². The maximum absolute atomic E-state index is 12.0. The van der Waals surface area contributed by atoms with E-state index in [1.54, 1.807) is 31.1 Å². The number of nitrogens with one attached hydrogen (secondary N) is 1.